The van der Waals surface area contributed by atoms with Crippen LogP contribution >= 0.6 is 0 Å². The summed E-state index contributed by atoms with van der Waals surface area (Å²) in [6.45, 7) is 11.6. The van der Waals surface area contributed by atoms with E-state index in [0.29, 0.717) is 38.3 Å². The zero-order chi connectivity index (χ0) is 36.7. The maximum Gasteiger partial charge on any atom is 0.251 e. The van der Waals surface area contributed by atoms with Crippen molar-refractivity contribution in [1.29, 1.82) is 0 Å². The smallest absolute Gasteiger partial charge is 0.251 e. The molecule has 4 rings (SSSR count). The molecule has 14 nitrogen and oxygen atoms in total. The van der Waals surface area contributed by atoms with Gasteiger partial charge >= 0.3 is 0 Å². The number of amides is 2. The molecule has 50 heavy (non-hydrogen) atoms. The first-order chi connectivity index (χ1) is 23.7. The highest BCUT2D eigenvalue weighted by Gasteiger charge is 2.51. The van der Waals surface area contributed by atoms with E-state index in [-0.39, 0.29) is 17.7 Å². The Morgan fingerprint density at radius 1 is 0.880 bits per heavy atom. The maximum absolute atomic E-state index is 13.8. The van der Waals surface area contributed by atoms with E-state index in [4.69, 9.17) is 23.7 Å². The second-order valence-corrected chi connectivity index (χ2v) is 15.4. The van der Waals surface area contributed by atoms with E-state index < -0.39 is 92.2 Å². The third kappa shape index (κ3) is 10.4. The zero-order valence-corrected chi connectivity index (χ0v) is 30.8. The quantitative estimate of drug-likeness (QED) is 0.134. The van der Waals surface area contributed by atoms with E-state index in [9.17, 15) is 35.1 Å². The molecule has 10 unspecified atom stereocenters. The van der Waals surface area contributed by atoms with E-state index >= 15 is 0 Å². The molecule has 1 aliphatic carbocycles. The Kier molecular flexibility index (Phi) is 15.7. The summed E-state index contributed by atoms with van der Waals surface area (Å²) in [6.07, 6.45) is -5.79. The first-order valence-electron chi connectivity index (χ1n) is 18.9. The Labute approximate surface area is 297 Å². The Morgan fingerprint density at radius 2 is 1.56 bits per heavy atom. The monoisotopic (exact) mass is 716 g/mol. The highest BCUT2D eigenvalue weighted by atomic mass is 16.7. The summed E-state index contributed by atoms with van der Waals surface area (Å²) in [5.74, 6) is -0.350. The van der Waals surface area contributed by atoms with Crippen LogP contribution in [0.5, 0.6) is 0 Å². The molecule has 0 spiro atoms. The van der Waals surface area contributed by atoms with Crippen LogP contribution in [0.25, 0.3) is 0 Å². The average Bonchev–Trinajstić information content (AvgIpc) is 3.05. The molecule has 14 atom stereocenters. The lowest BCUT2D eigenvalue weighted by Crippen LogP contribution is -2.67. The first-order valence-corrected chi connectivity index (χ1v) is 18.9. The van der Waals surface area contributed by atoms with E-state index in [1.807, 2.05) is 27.7 Å². The number of rotatable bonds is 16. The molecule has 3 heterocycles. The van der Waals surface area contributed by atoms with Gasteiger partial charge in [-0.05, 0) is 43.9 Å². The molecule has 1 saturated carbocycles. The van der Waals surface area contributed by atoms with Crippen LogP contribution in [0.1, 0.15) is 99.3 Å². The minimum absolute atomic E-state index is 0.0850. The van der Waals surface area contributed by atoms with Crippen LogP contribution in [-0.2, 0) is 33.3 Å². The van der Waals surface area contributed by atoms with Crippen LogP contribution in [0.2, 0.25) is 0 Å². The molecule has 0 aromatic rings. The molecule has 4 fully saturated rings. The van der Waals surface area contributed by atoms with Crippen LogP contribution in [0.4, 0.5) is 0 Å². The van der Waals surface area contributed by atoms with Crippen molar-refractivity contribution in [1.82, 2.24) is 10.2 Å². The molecule has 4 aliphatic rings. The number of hydrogen-bond donors (Lipinski definition) is 6. The van der Waals surface area contributed by atoms with Crippen LogP contribution in [0, 0.1) is 17.8 Å². The van der Waals surface area contributed by atoms with E-state index in [1.165, 1.54) is 6.92 Å². The maximum atomic E-state index is 13.8. The van der Waals surface area contributed by atoms with Gasteiger partial charge in [0.05, 0.1) is 24.9 Å². The highest BCUT2D eigenvalue weighted by molar-refractivity contribution is 5.81. The second kappa shape index (κ2) is 19.0. The van der Waals surface area contributed by atoms with Crippen LogP contribution < -0.4 is 5.32 Å². The predicted molar refractivity (Wildman–Crippen MR) is 181 cm³/mol. The number of hydrogen-bond acceptors (Lipinski definition) is 12. The lowest BCUT2D eigenvalue weighted by molar-refractivity contribution is -0.334. The van der Waals surface area contributed by atoms with Gasteiger partial charge in [-0.25, -0.2) is 0 Å². The summed E-state index contributed by atoms with van der Waals surface area (Å²) < 4.78 is 31.7. The number of carbonyl (C=O) groups is 2. The largest absolute Gasteiger partial charge is 0.394 e. The Bertz CT molecular complexity index is 1060. The molecule has 3 saturated heterocycles. The van der Waals surface area contributed by atoms with Gasteiger partial charge in [0.2, 0.25) is 5.91 Å². The number of nitrogens with zero attached hydrogens (tertiary/aromatic N) is 1. The first kappa shape index (κ1) is 41.3. The van der Waals surface area contributed by atoms with Crippen molar-refractivity contribution in [3.05, 3.63) is 0 Å². The summed E-state index contributed by atoms with van der Waals surface area (Å²) in [5.41, 5.74) is 0. The lowest BCUT2D eigenvalue weighted by Gasteiger charge is -2.48. The molecule has 0 aromatic carbocycles. The molecule has 6 N–H and O–H groups in total. The number of aliphatic hydroxyl groups excluding tert-OH is 5. The molecular weight excluding hydrogens is 652 g/mol. The molecular formula is C36H64N2O12. The van der Waals surface area contributed by atoms with Gasteiger partial charge in [-0.3, -0.25) is 9.59 Å². The summed E-state index contributed by atoms with van der Waals surface area (Å²) in [6, 6.07) is -1.07. The molecule has 14 heteroatoms. The topological polar surface area (TPSA) is 197 Å². The fraction of sp³-hybridized carbons (Fsp3) is 0.944. The summed E-state index contributed by atoms with van der Waals surface area (Å²) in [5, 5.41) is 56.4. The van der Waals surface area contributed by atoms with Gasteiger partial charge in [0.1, 0.15) is 48.8 Å². The van der Waals surface area contributed by atoms with Crippen molar-refractivity contribution in [2.24, 2.45) is 17.8 Å². The van der Waals surface area contributed by atoms with Crippen molar-refractivity contribution in [3.63, 3.8) is 0 Å². The van der Waals surface area contributed by atoms with Gasteiger partial charge in [0.25, 0.3) is 5.91 Å². The molecule has 3 aliphatic heterocycles. The number of nitrogens with one attached hydrogen (secondary N) is 1. The Hall–Kier alpha value is -1.46. The van der Waals surface area contributed by atoms with Crippen LogP contribution in [0.3, 0.4) is 0 Å². The third-order valence-corrected chi connectivity index (χ3v) is 10.9. The van der Waals surface area contributed by atoms with Crippen molar-refractivity contribution < 1.29 is 58.8 Å². The van der Waals surface area contributed by atoms with Gasteiger partial charge in [0.15, 0.2) is 12.6 Å². The van der Waals surface area contributed by atoms with Gasteiger partial charge in [0, 0.05) is 20.0 Å². The van der Waals surface area contributed by atoms with Crippen LogP contribution in [-0.4, -0.2) is 142 Å². The second-order valence-electron chi connectivity index (χ2n) is 15.4. The minimum Gasteiger partial charge on any atom is -0.394 e. The molecule has 0 bridgehead atoms. The Morgan fingerprint density at radius 3 is 2.12 bits per heavy atom. The number of ether oxygens (including phenoxy) is 5. The predicted octanol–water partition coefficient (Wildman–Crippen LogP) is 1.22. The zero-order valence-electron chi connectivity index (χ0n) is 30.8. The SMILES string of the molecule is CC[C@H](C)C(OC1OC(C)C(O)C(O)C1O)C(CC(C)C)O[C@@H]1O[C@@H](CO)C(O)C(O[C@@H](CC2CCCCC2)C(=O)N2CCC2)C1NC(C)=O. The molecule has 290 valence electrons. The van der Waals surface area contributed by atoms with Crippen LogP contribution in [0.15, 0.2) is 0 Å². The average molecular weight is 717 g/mol. The van der Waals surface area contributed by atoms with E-state index in [1.54, 1.807) is 11.8 Å². The molecule has 0 radical (unpaired) electrons. The van der Waals surface area contributed by atoms with Gasteiger partial charge in [-0.15, -0.1) is 0 Å². The number of aliphatic hydroxyl groups is 5. The van der Waals surface area contributed by atoms with Gasteiger partial charge in [-0.1, -0.05) is 66.2 Å². The standard InChI is InChI=1S/C36H64N2O12/c1-7-20(4)32(50-36-31(44)30(43)28(41)21(5)46-36)24(16-19(2)3)48-35-27(37-22(6)40)33(29(42)26(18-39)49-35)47-25(34(45)38-14-11-15-38)17-23-12-9-8-10-13-23/h19-21,23-33,35-36,39,41-44H,7-18H2,1-6H3,(H,37,40)/t20-,21?,24?,25-,26-,27?,28?,29?,30?,31?,32?,33?,35+,36?/m0/s1. The fourth-order valence-electron chi connectivity index (χ4n) is 7.61. The van der Waals surface area contributed by atoms with Crippen molar-refractivity contribution in [2.45, 2.75) is 179 Å². The van der Waals surface area contributed by atoms with Gasteiger partial charge < -0.3 is 59.4 Å². The summed E-state index contributed by atoms with van der Waals surface area (Å²) in [7, 11) is 0. The summed E-state index contributed by atoms with van der Waals surface area (Å²) in [4.78, 5) is 28.2. The summed E-state index contributed by atoms with van der Waals surface area (Å²) >= 11 is 0. The van der Waals surface area contributed by atoms with Gasteiger partial charge in [-0.2, -0.15) is 0 Å². The van der Waals surface area contributed by atoms with Crippen molar-refractivity contribution in [2.75, 3.05) is 19.7 Å². The van der Waals surface area contributed by atoms with E-state index in [0.717, 1.165) is 38.5 Å². The lowest BCUT2D eigenvalue weighted by atomic mass is 9.85. The minimum atomic E-state index is -1.53. The third-order valence-electron chi connectivity index (χ3n) is 10.9. The normalized spacial score (nSPS) is 36.4. The number of likely N-dealkylation sites (tertiary alicyclic amines) is 1. The van der Waals surface area contributed by atoms with Crippen molar-refractivity contribution >= 4 is 11.8 Å². The van der Waals surface area contributed by atoms with Crippen molar-refractivity contribution in [3.8, 4) is 0 Å². The fourth-order valence-corrected chi connectivity index (χ4v) is 7.61. The molecule has 2 amide bonds. The van der Waals surface area contributed by atoms with E-state index in [2.05, 4.69) is 5.32 Å². The number of carbonyl (C=O) groups excluding carboxylic acids is 2. The highest BCUT2D eigenvalue weighted by Crippen LogP contribution is 2.35. The molecule has 0 aromatic heterocycles. The Balaban J connectivity index is 1.65.